The number of hydrogen-bond donors (Lipinski definition) is 0. The summed E-state index contributed by atoms with van der Waals surface area (Å²) in [6.45, 7) is 1.76. The molecule has 0 radical (unpaired) electrons. The molecule has 0 aliphatic carbocycles. The zero-order chi connectivity index (χ0) is 12.9. The fourth-order valence-electron chi connectivity index (χ4n) is 1.11. The fraction of sp³-hybridized carbons (Fsp3) is 0.273. The zero-order valence-electron chi connectivity index (χ0n) is 8.99. The Hall–Kier alpha value is -1.85. The van der Waals surface area contributed by atoms with Crippen LogP contribution in [0.5, 0.6) is 0 Å². The molecule has 1 aromatic rings. The monoisotopic (exact) mass is 245 g/mol. The molecule has 0 unspecified atom stereocenters. The first kappa shape index (κ1) is 13.2. The van der Waals surface area contributed by atoms with Crippen LogP contribution in [-0.4, -0.2) is 23.7 Å². The third kappa shape index (κ3) is 4.26. The highest BCUT2D eigenvalue weighted by Crippen LogP contribution is 2.19. The molecule has 0 atom stereocenters. The van der Waals surface area contributed by atoms with E-state index in [0.717, 1.165) is 6.08 Å². The van der Waals surface area contributed by atoms with Gasteiger partial charge < -0.3 is 4.74 Å². The quantitative estimate of drug-likeness (QED) is 0.768. The summed E-state index contributed by atoms with van der Waals surface area (Å²) < 4.78 is 40.7. The Morgan fingerprint density at radius 2 is 2.24 bits per heavy atom. The van der Waals surface area contributed by atoms with E-state index in [0.29, 0.717) is 0 Å². The second kappa shape index (κ2) is 5.47. The van der Waals surface area contributed by atoms with Crippen molar-refractivity contribution in [3.63, 3.8) is 0 Å². The number of rotatable bonds is 3. The lowest BCUT2D eigenvalue weighted by atomic mass is 10.2. The Morgan fingerprint density at radius 3 is 2.82 bits per heavy atom. The number of carbonyl (C=O) groups is 1. The van der Waals surface area contributed by atoms with Crippen molar-refractivity contribution < 1.29 is 22.7 Å². The van der Waals surface area contributed by atoms with Crippen molar-refractivity contribution in [2.75, 3.05) is 6.61 Å². The third-order valence-electron chi connectivity index (χ3n) is 1.76. The molecule has 1 aromatic heterocycles. The van der Waals surface area contributed by atoms with Gasteiger partial charge in [0.2, 0.25) is 0 Å². The molecule has 1 heterocycles. The van der Waals surface area contributed by atoms with E-state index in [1.165, 1.54) is 18.3 Å². The van der Waals surface area contributed by atoms with Crippen LogP contribution in [0.15, 0.2) is 24.4 Å². The zero-order valence-corrected chi connectivity index (χ0v) is 8.99. The second-order valence-corrected chi connectivity index (χ2v) is 3.03. The van der Waals surface area contributed by atoms with E-state index in [9.17, 15) is 18.0 Å². The van der Waals surface area contributed by atoms with Gasteiger partial charge in [-0.3, -0.25) is 4.98 Å². The molecule has 0 aliphatic heterocycles. The van der Waals surface area contributed by atoms with Crippen molar-refractivity contribution in [2.45, 2.75) is 13.1 Å². The molecule has 0 amide bonds. The van der Waals surface area contributed by atoms with E-state index in [-0.39, 0.29) is 23.9 Å². The fourth-order valence-corrected chi connectivity index (χ4v) is 1.11. The third-order valence-corrected chi connectivity index (χ3v) is 1.76. The van der Waals surface area contributed by atoms with E-state index in [2.05, 4.69) is 4.98 Å². The lowest BCUT2D eigenvalue weighted by Gasteiger charge is -2.04. The van der Waals surface area contributed by atoms with Gasteiger partial charge in [0.15, 0.2) is 0 Å². The van der Waals surface area contributed by atoms with Gasteiger partial charge in [-0.1, -0.05) is 0 Å². The molecular formula is C11H10F3NO2. The highest BCUT2D eigenvalue weighted by molar-refractivity contribution is 5.92. The van der Waals surface area contributed by atoms with Gasteiger partial charge in [0.25, 0.3) is 0 Å². The normalized spacial score (nSPS) is 11.8. The maximum absolute atomic E-state index is 12.0. The molecule has 3 nitrogen and oxygen atoms in total. The molecule has 0 fully saturated rings. The Bertz CT molecular complexity index is 427. The highest BCUT2D eigenvalue weighted by Gasteiger charge is 2.22. The maximum Gasteiger partial charge on any atom is 0.409 e. The van der Waals surface area contributed by atoms with Crippen molar-refractivity contribution in [2.24, 2.45) is 0 Å². The van der Waals surface area contributed by atoms with Crippen molar-refractivity contribution >= 4 is 12.0 Å². The number of alkyl halides is 3. The molecule has 0 bridgehead atoms. The van der Waals surface area contributed by atoms with Crippen molar-refractivity contribution in [1.82, 2.24) is 4.98 Å². The van der Waals surface area contributed by atoms with E-state index in [4.69, 9.17) is 4.74 Å². The van der Waals surface area contributed by atoms with E-state index >= 15 is 0 Å². The Morgan fingerprint density at radius 1 is 1.53 bits per heavy atom. The highest BCUT2D eigenvalue weighted by atomic mass is 19.4. The summed E-state index contributed by atoms with van der Waals surface area (Å²) in [4.78, 5) is 15.1. The van der Waals surface area contributed by atoms with Gasteiger partial charge in [-0.2, -0.15) is 13.2 Å². The van der Waals surface area contributed by atoms with Crippen LogP contribution in [-0.2, 0) is 4.74 Å². The number of allylic oxidation sites excluding steroid dienone is 1. The Labute approximate surface area is 95.9 Å². The van der Waals surface area contributed by atoms with Gasteiger partial charge in [-0.25, -0.2) is 4.79 Å². The molecule has 0 saturated heterocycles. The first-order valence-corrected chi connectivity index (χ1v) is 4.82. The summed E-state index contributed by atoms with van der Waals surface area (Å²) in [5.74, 6) is -0.692. The maximum atomic E-state index is 12.0. The van der Waals surface area contributed by atoms with Crippen molar-refractivity contribution in [3.8, 4) is 0 Å². The van der Waals surface area contributed by atoms with Crippen LogP contribution in [0.4, 0.5) is 13.2 Å². The predicted molar refractivity (Wildman–Crippen MR) is 55.3 cm³/mol. The summed E-state index contributed by atoms with van der Waals surface area (Å²) in [7, 11) is 0. The van der Waals surface area contributed by atoms with Crippen LogP contribution in [0.3, 0.4) is 0 Å². The average Bonchev–Trinajstić information content (AvgIpc) is 2.26. The van der Waals surface area contributed by atoms with Gasteiger partial charge >= 0.3 is 12.1 Å². The van der Waals surface area contributed by atoms with Crippen LogP contribution in [0, 0.1) is 0 Å². The van der Waals surface area contributed by atoms with Crippen LogP contribution in [0.25, 0.3) is 6.08 Å². The smallest absolute Gasteiger partial charge is 0.409 e. The van der Waals surface area contributed by atoms with Crippen molar-refractivity contribution in [3.05, 3.63) is 35.7 Å². The minimum atomic E-state index is -4.44. The van der Waals surface area contributed by atoms with E-state index in [1.54, 1.807) is 6.92 Å². The van der Waals surface area contributed by atoms with E-state index in [1.807, 2.05) is 0 Å². The van der Waals surface area contributed by atoms with Gasteiger partial charge in [-0.05, 0) is 25.1 Å². The predicted octanol–water partition coefficient (Wildman–Crippen LogP) is 2.83. The molecule has 0 saturated carbocycles. The summed E-state index contributed by atoms with van der Waals surface area (Å²) in [6.07, 6.45) is -2.37. The summed E-state index contributed by atoms with van der Waals surface area (Å²) in [5, 5.41) is 0. The lowest BCUT2D eigenvalue weighted by Crippen LogP contribution is -2.08. The number of ether oxygens (including phenoxy) is 1. The van der Waals surface area contributed by atoms with Crippen LogP contribution >= 0.6 is 0 Å². The first-order chi connectivity index (χ1) is 7.94. The van der Waals surface area contributed by atoms with Crippen molar-refractivity contribution in [1.29, 1.82) is 0 Å². The summed E-state index contributed by atoms with van der Waals surface area (Å²) >= 11 is 0. The summed E-state index contributed by atoms with van der Waals surface area (Å²) in [5.41, 5.74) is -0.0573. The Kier molecular flexibility index (Phi) is 4.25. The van der Waals surface area contributed by atoms with Crippen LogP contribution < -0.4 is 0 Å². The number of hydrogen-bond acceptors (Lipinski definition) is 3. The molecule has 17 heavy (non-hydrogen) atoms. The first-order valence-electron chi connectivity index (χ1n) is 4.82. The molecule has 92 valence electrons. The van der Waals surface area contributed by atoms with Crippen LogP contribution in [0.2, 0.25) is 0 Å². The SMILES string of the molecule is CCOC(=O)c1cccnc1/C=C/C(F)(F)F. The van der Waals surface area contributed by atoms with Crippen LogP contribution in [0.1, 0.15) is 23.0 Å². The standard InChI is InChI=1S/C11H10F3NO2/c1-2-17-10(16)8-4-3-7-15-9(8)5-6-11(12,13)14/h3-7H,2H2,1H3/b6-5+. The number of aromatic nitrogens is 1. The Balaban J connectivity index is 3.00. The largest absolute Gasteiger partial charge is 0.462 e. The molecule has 1 rings (SSSR count). The molecular weight excluding hydrogens is 235 g/mol. The molecule has 0 aromatic carbocycles. The van der Waals surface area contributed by atoms with E-state index < -0.39 is 12.1 Å². The molecule has 0 N–H and O–H groups in total. The summed E-state index contributed by atoms with van der Waals surface area (Å²) in [6, 6.07) is 2.82. The molecule has 0 aliphatic rings. The van der Waals surface area contributed by atoms with Gasteiger partial charge in [0, 0.05) is 12.3 Å². The average molecular weight is 245 g/mol. The topological polar surface area (TPSA) is 39.2 Å². The number of esters is 1. The van der Waals surface area contributed by atoms with Gasteiger partial charge in [0.05, 0.1) is 17.9 Å². The molecule has 0 spiro atoms. The molecule has 6 heteroatoms. The number of halogens is 3. The van der Waals surface area contributed by atoms with Gasteiger partial charge in [-0.15, -0.1) is 0 Å². The minimum absolute atomic E-state index is 0.00912. The lowest BCUT2D eigenvalue weighted by molar-refractivity contribution is -0.0790. The number of carbonyl (C=O) groups excluding carboxylic acids is 1. The van der Waals surface area contributed by atoms with Gasteiger partial charge in [0.1, 0.15) is 0 Å². The number of nitrogens with zero attached hydrogens (tertiary/aromatic N) is 1. The number of pyridine rings is 1. The minimum Gasteiger partial charge on any atom is -0.462 e. The second-order valence-electron chi connectivity index (χ2n) is 3.03.